The lowest BCUT2D eigenvalue weighted by molar-refractivity contribution is -0.140. The molecule has 1 saturated heterocycles. The first-order valence-corrected chi connectivity index (χ1v) is 12.5. The van der Waals surface area contributed by atoms with Crippen molar-refractivity contribution >= 4 is 17.4 Å². The first-order chi connectivity index (χ1) is 17.2. The standard InChI is InChI=1S/C29H38N2O5/c1-8-30(9-2)14-15-31-26(20-10-12-21(35-6)13-11-20)25(28(33)29(31)34)27(32)23-17-22(18(3)4)24(36-7)16-19(23)5/h10-13,16-18,26,32H,8-9,14-15H2,1-7H3/b27-25+. The van der Waals surface area contributed by atoms with Gasteiger partial charge in [0.15, 0.2) is 0 Å². The van der Waals surface area contributed by atoms with Crippen molar-refractivity contribution in [3.8, 4) is 11.5 Å². The molecule has 2 aromatic carbocycles. The zero-order chi connectivity index (χ0) is 26.6. The van der Waals surface area contributed by atoms with E-state index >= 15 is 0 Å². The van der Waals surface area contributed by atoms with E-state index in [-0.39, 0.29) is 17.3 Å². The molecule has 0 spiro atoms. The number of hydrogen-bond donors (Lipinski definition) is 1. The fourth-order valence-electron chi connectivity index (χ4n) is 4.76. The van der Waals surface area contributed by atoms with Crippen molar-refractivity contribution in [1.82, 2.24) is 9.80 Å². The van der Waals surface area contributed by atoms with Crippen molar-refractivity contribution in [2.75, 3.05) is 40.4 Å². The number of benzene rings is 2. The zero-order valence-electron chi connectivity index (χ0n) is 22.4. The van der Waals surface area contributed by atoms with E-state index in [0.717, 1.165) is 35.5 Å². The lowest BCUT2D eigenvalue weighted by Gasteiger charge is -2.28. The van der Waals surface area contributed by atoms with Crippen LogP contribution >= 0.6 is 0 Å². The summed E-state index contributed by atoms with van der Waals surface area (Å²) in [5.74, 6) is 0.105. The Hall–Kier alpha value is -3.32. The molecule has 36 heavy (non-hydrogen) atoms. The third kappa shape index (κ3) is 5.26. The molecular formula is C29H38N2O5. The summed E-state index contributed by atoms with van der Waals surface area (Å²) in [5, 5.41) is 11.6. The van der Waals surface area contributed by atoms with E-state index in [1.54, 1.807) is 31.3 Å². The van der Waals surface area contributed by atoms with E-state index in [1.807, 2.05) is 45.0 Å². The van der Waals surface area contributed by atoms with Crippen LogP contribution in [0, 0.1) is 6.92 Å². The average Bonchev–Trinajstić information content (AvgIpc) is 3.13. The number of likely N-dealkylation sites (tertiary alicyclic amines) is 1. The predicted octanol–water partition coefficient (Wildman–Crippen LogP) is 4.90. The molecule has 1 aliphatic heterocycles. The largest absolute Gasteiger partial charge is 0.507 e. The molecule has 0 saturated carbocycles. The summed E-state index contributed by atoms with van der Waals surface area (Å²) in [7, 11) is 3.20. The summed E-state index contributed by atoms with van der Waals surface area (Å²) in [4.78, 5) is 30.5. The fourth-order valence-corrected chi connectivity index (χ4v) is 4.76. The van der Waals surface area contributed by atoms with Crippen LogP contribution in [0.1, 0.15) is 61.9 Å². The molecule has 0 radical (unpaired) electrons. The number of carbonyl (C=O) groups excluding carboxylic acids is 2. The molecule has 7 heteroatoms. The second-order valence-electron chi connectivity index (χ2n) is 9.36. The number of methoxy groups -OCH3 is 2. The van der Waals surface area contributed by atoms with Gasteiger partial charge in [-0.2, -0.15) is 0 Å². The summed E-state index contributed by atoms with van der Waals surface area (Å²) in [6.07, 6.45) is 0. The number of aryl methyl sites for hydroxylation is 1. The van der Waals surface area contributed by atoms with Gasteiger partial charge in [0.2, 0.25) is 0 Å². The highest BCUT2D eigenvalue weighted by molar-refractivity contribution is 6.46. The van der Waals surface area contributed by atoms with Gasteiger partial charge in [-0.3, -0.25) is 9.59 Å². The van der Waals surface area contributed by atoms with Gasteiger partial charge in [-0.1, -0.05) is 39.8 Å². The lowest BCUT2D eigenvalue weighted by Crippen LogP contribution is -2.38. The Bertz CT molecular complexity index is 1130. The van der Waals surface area contributed by atoms with Crippen molar-refractivity contribution < 1.29 is 24.2 Å². The number of hydrogen-bond acceptors (Lipinski definition) is 6. The van der Waals surface area contributed by atoms with Crippen LogP contribution in [0.25, 0.3) is 5.76 Å². The zero-order valence-corrected chi connectivity index (χ0v) is 22.4. The molecule has 1 atom stereocenters. The minimum atomic E-state index is -0.699. The van der Waals surface area contributed by atoms with Crippen LogP contribution in [0.3, 0.4) is 0 Å². The molecule has 0 bridgehead atoms. The Morgan fingerprint density at radius 3 is 2.22 bits per heavy atom. The van der Waals surface area contributed by atoms with Gasteiger partial charge in [-0.15, -0.1) is 0 Å². The third-order valence-corrected chi connectivity index (χ3v) is 6.98. The monoisotopic (exact) mass is 494 g/mol. The van der Waals surface area contributed by atoms with Crippen LogP contribution in [-0.2, 0) is 9.59 Å². The molecule has 0 aliphatic carbocycles. The van der Waals surface area contributed by atoms with Crippen LogP contribution in [-0.4, -0.2) is 67.0 Å². The number of aliphatic hydroxyl groups excluding tert-OH is 1. The number of nitrogens with zero attached hydrogens (tertiary/aromatic N) is 2. The Labute approximate surface area is 214 Å². The van der Waals surface area contributed by atoms with Crippen molar-refractivity contribution in [2.45, 2.75) is 46.6 Å². The summed E-state index contributed by atoms with van der Waals surface area (Å²) in [6, 6.07) is 10.3. The van der Waals surface area contributed by atoms with Gasteiger partial charge in [0.1, 0.15) is 17.3 Å². The van der Waals surface area contributed by atoms with E-state index in [9.17, 15) is 14.7 Å². The number of ketones is 1. The van der Waals surface area contributed by atoms with Gasteiger partial charge in [0.05, 0.1) is 25.8 Å². The smallest absolute Gasteiger partial charge is 0.295 e. The first kappa shape index (κ1) is 27.3. The number of rotatable bonds is 10. The molecule has 1 amide bonds. The maximum absolute atomic E-state index is 13.4. The second kappa shape index (κ2) is 11.6. The SMILES string of the molecule is CCN(CC)CCN1C(=O)C(=O)/C(=C(/O)c2cc(C(C)C)c(OC)cc2C)C1c1ccc(OC)cc1. The molecule has 1 fully saturated rings. The second-order valence-corrected chi connectivity index (χ2v) is 9.36. The molecule has 7 nitrogen and oxygen atoms in total. The van der Waals surface area contributed by atoms with Gasteiger partial charge >= 0.3 is 0 Å². The van der Waals surface area contributed by atoms with Crippen molar-refractivity contribution in [2.24, 2.45) is 0 Å². The summed E-state index contributed by atoms with van der Waals surface area (Å²) in [5.41, 5.74) is 3.05. The Morgan fingerprint density at radius 2 is 1.69 bits per heavy atom. The highest BCUT2D eigenvalue weighted by atomic mass is 16.5. The number of likely N-dealkylation sites (N-methyl/N-ethyl adjacent to an activating group) is 1. The summed E-state index contributed by atoms with van der Waals surface area (Å²) >= 11 is 0. The Kier molecular flexibility index (Phi) is 8.79. The number of ether oxygens (including phenoxy) is 2. The maximum atomic E-state index is 13.4. The number of aliphatic hydroxyl groups is 1. The Balaban J connectivity index is 2.19. The van der Waals surface area contributed by atoms with E-state index < -0.39 is 17.7 Å². The van der Waals surface area contributed by atoms with E-state index in [4.69, 9.17) is 9.47 Å². The van der Waals surface area contributed by atoms with Gasteiger partial charge in [0, 0.05) is 18.7 Å². The van der Waals surface area contributed by atoms with Crippen LogP contribution < -0.4 is 9.47 Å². The highest BCUT2D eigenvalue weighted by Crippen LogP contribution is 2.41. The maximum Gasteiger partial charge on any atom is 0.295 e. The number of carbonyl (C=O) groups is 2. The minimum absolute atomic E-state index is 0.104. The van der Waals surface area contributed by atoms with E-state index in [1.165, 1.54) is 0 Å². The van der Waals surface area contributed by atoms with Gasteiger partial charge in [-0.25, -0.2) is 0 Å². The molecular weight excluding hydrogens is 456 g/mol. The molecule has 1 aliphatic rings. The molecule has 1 unspecified atom stereocenters. The summed E-state index contributed by atoms with van der Waals surface area (Å²) in [6.45, 7) is 12.8. The van der Waals surface area contributed by atoms with Crippen LogP contribution in [0.5, 0.6) is 11.5 Å². The Morgan fingerprint density at radius 1 is 1.06 bits per heavy atom. The van der Waals surface area contributed by atoms with Gasteiger partial charge in [-0.05, 0) is 66.9 Å². The molecule has 1 N–H and O–H groups in total. The van der Waals surface area contributed by atoms with Crippen molar-refractivity contribution in [1.29, 1.82) is 0 Å². The fraction of sp³-hybridized carbons (Fsp3) is 0.448. The topological polar surface area (TPSA) is 79.3 Å². The van der Waals surface area contributed by atoms with Crippen LogP contribution in [0.15, 0.2) is 42.0 Å². The molecule has 0 aromatic heterocycles. The highest BCUT2D eigenvalue weighted by Gasteiger charge is 2.46. The lowest BCUT2D eigenvalue weighted by atomic mass is 9.91. The molecule has 1 heterocycles. The normalized spacial score (nSPS) is 17.4. The summed E-state index contributed by atoms with van der Waals surface area (Å²) < 4.78 is 10.8. The minimum Gasteiger partial charge on any atom is -0.507 e. The number of amides is 1. The third-order valence-electron chi connectivity index (χ3n) is 6.98. The predicted molar refractivity (Wildman–Crippen MR) is 142 cm³/mol. The van der Waals surface area contributed by atoms with Crippen LogP contribution in [0.4, 0.5) is 0 Å². The average molecular weight is 495 g/mol. The van der Waals surface area contributed by atoms with Crippen molar-refractivity contribution in [3.63, 3.8) is 0 Å². The molecule has 194 valence electrons. The van der Waals surface area contributed by atoms with E-state index in [2.05, 4.69) is 18.7 Å². The van der Waals surface area contributed by atoms with E-state index in [0.29, 0.717) is 24.4 Å². The van der Waals surface area contributed by atoms with Gasteiger partial charge < -0.3 is 24.4 Å². The number of Topliss-reactive ketones (excluding diaryl/α,β-unsaturated/α-hetero) is 1. The molecule has 2 aromatic rings. The van der Waals surface area contributed by atoms with Crippen LogP contribution in [0.2, 0.25) is 0 Å². The van der Waals surface area contributed by atoms with Gasteiger partial charge in [0.25, 0.3) is 11.7 Å². The first-order valence-electron chi connectivity index (χ1n) is 12.5. The molecule has 3 rings (SSSR count). The quantitative estimate of drug-likeness (QED) is 0.288. The van der Waals surface area contributed by atoms with Crippen molar-refractivity contribution in [3.05, 3.63) is 64.2 Å².